The molecule has 9 atom stereocenters. The standard InChI is InChI=1S/C27H46O2/c1-17(2)7-6-8-18(3)22-11-12-23-21-10-9-19-15-20(28)16-25(29)27(19,5)24(21)13-14-26(22,23)4/h9,17-18,20-25,28-29H,6-8,10-16H2,1-5H3/t18-,20?,21?,22-,23?,24?,25?,26-,27+/m1/s1. The normalized spacial score (nSPS) is 47.9. The lowest BCUT2D eigenvalue weighted by molar-refractivity contribution is -0.108. The van der Waals surface area contributed by atoms with E-state index in [-0.39, 0.29) is 17.6 Å². The van der Waals surface area contributed by atoms with Crippen LogP contribution in [0.2, 0.25) is 0 Å². The first-order valence-electron chi connectivity index (χ1n) is 12.7. The van der Waals surface area contributed by atoms with Crippen molar-refractivity contribution in [1.82, 2.24) is 0 Å². The summed E-state index contributed by atoms with van der Waals surface area (Å²) in [5.41, 5.74) is 1.77. The zero-order chi connectivity index (χ0) is 21.0. The molecule has 0 aromatic rings. The van der Waals surface area contributed by atoms with Crippen LogP contribution in [0.3, 0.4) is 0 Å². The third kappa shape index (κ3) is 3.55. The minimum Gasteiger partial charge on any atom is -0.393 e. The van der Waals surface area contributed by atoms with Crippen molar-refractivity contribution in [2.45, 2.75) is 111 Å². The SMILES string of the molecule is CC(C)CCC[C@@H](C)[C@H]1CCC2C3CC=C4CC(O)CC(O)[C@]4(C)C3CC[C@@]21C. The molecule has 4 aliphatic carbocycles. The minimum absolute atomic E-state index is 0.0928. The van der Waals surface area contributed by atoms with E-state index < -0.39 is 0 Å². The van der Waals surface area contributed by atoms with Crippen molar-refractivity contribution in [3.05, 3.63) is 11.6 Å². The molecule has 0 aromatic heterocycles. The number of hydrogen-bond acceptors (Lipinski definition) is 2. The Morgan fingerprint density at radius 2 is 1.79 bits per heavy atom. The summed E-state index contributed by atoms with van der Waals surface area (Å²) in [6, 6.07) is 0. The molecule has 0 spiro atoms. The van der Waals surface area contributed by atoms with Gasteiger partial charge in [0.15, 0.2) is 0 Å². The molecule has 2 N–H and O–H groups in total. The molecular weight excluding hydrogens is 356 g/mol. The molecule has 3 saturated carbocycles. The highest BCUT2D eigenvalue weighted by Gasteiger charge is 2.60. The van der Waals surface area contributed by atoms with Crippen LogP contribution in [-0.4, -0.2) is 22.4 Å². The van der Waals surface area contributed by atoms with Gasteiger partial charge < -0.3 is 10.2 Å². The molecule has 0 heterocycles. The zero-order valence-corrected chi connectivity index (χ0v) is 19.7. The maximum atomic E-state index is 11.1. The first-order valence-corrected chi connectivity index (χ1v) is 12.7. The highest BCUT2D eigenvalue weighted by Crippen LogP contribution is 2.67. The lowest BCUT2D eigenvalue weighted by atomic mass is 9.46. The van der Waals surface area contributed by atoms with Crippen LogP contribution >= 0.6 is 0 Å². The predicted molar refractivity (Wildman–Crippen MR) is 120 cm³/mol. The maximum Gasteiger partial charge on any atom is 0.0658 e. The molecule has 2 heteroatoms. The Hall–Kier alpha value is -0.340. The zero-order valence-electron chi connectivity index (χ0n) is 19.7. The van der Waals surface area contributed by atoms with E-state index in [1.54, 1.807) is 0 Å². The van der Waals surface area contributed by atoms with Gasteiger partial charge in [0.05, 0.1) is 12.2 Å². The molecule has 166 valence electrons. The summed E-state index contributed by atoms with van der Waals surface area (Å²) in [4.78, 5) is 0. The summed E-state index contributed by atoms with van der Waals surface area (Å²) < 4.78 is 0. The van der Waals surface area contributed by atoms with Crippen molar-refractivity contribution < 1.29 is 10.2 Å². The van der Waals surface area contributed by atoms with Gasteiger partial charge in [-0.3, -0.25) is 0 Å². The number of hydrogen-bond donors (Lipinski definition) is 2. The van der Waals surface area contributed by atoms with Gasteiger partial charge in [0, 0.05) is 11.8 Å². The number of fused-ring (bicyclic) bond motifs is 5. The average molecular weight is 403 g/mol. The van der Waals surface area contributed by atoms with E-state index in [0.717, 1.165) is 36.0 Å². The van der Waals surface area contributed by atoms with E-state index in [2.05, 4.69) is 40.7 Å². The summed E-state index contributed by atoms with van der Waals surface area (Å²) in [6.45, 7) is 12.2. The molecule has 29 heavy (non-hydrogen) atoms. The second-order valence-electron chi connectivity index (χ2n) is 12.3. The Bertz CT molecular complexity index is 624. The smallest absolute Gasteiger partial charge is 0.0658 e. The highest BCUT2D eigenvalue weighted by molar-refractivity contribution is 5.27. The Morgan fingerprint density at radius 3 is 2.52 bits per heavy atom. The van der Waals surface area contributed by atoms with Crippen molar-refractivity contribution in [2.75, 3.05) is 0 Å². The fourth-order valence-corrected chi connectivity index (χ4v) is 8.73. The summed E-state index contributed by atoms with van der Waals surface area (Å²) in [7, 11) is 0. The van der Waals surface area contributed by atoms with Crippen molar-refractivity contribution in [3.63, 3.8) is 0 Å². The Morgan fingerprint density at radius 1 is 1.03 bits per heavy atom. The minimum atomic E-state index is -0.373. The number of aliphatic hydroxyl groups excluding tert-OH is 2. The molecule has 0 aliphatic heterocycles. The molecule has 0 bridgehead atoms. The fourth-order valence-electron chi connectivity index (χ4n) is 8.73. The van der Waals surface area contributed by atoms with Gasteiger partial charge in [-0.1, -0.05) is 65.5 Å². The Balaban J connectivity index is 1.52. The van der Waals surface area contributed by atoms with E-state index in [1.807, 2.05) is 0 Å². The topological polar surface area (TPSA) is 40.5 Å². The highest BCUT2D eigenvalue weighted by atomic mass is 16.3. The van der Waals surface area contributed by atoms with Crippen LogP contribution < -0.4 is 0 Å². The Labute approximate surface area is 179 Å². The van der Waals surface area contributed by atoms with Crippen molar-refractivity contribution in [2.24, 2.45) is 46.3 Å². The van der Waals surface area contributed by atoms with E-state index in [0.29, 0.717) is 17.8 Å². The predicted octanol–water partition coefficient (Wildman–Crippen LogP) is 6.36. The molecule has 0 radical (unpaired) electrons. The van der Waals surface area contributed by atoms with Gasteiger partial charge in [-0.15, -0.1) is 0 Å². The fraction of sp³-hybridized carbons (Fsp3) is 0.926. The van der Waals surface area contributed by atoms with E-state index in [1.165, 1.54) is 56.9 Å². The molecule has 0 aromatic carbocycles. The van der Waals surface area contributed by atoms with E-state index >= 15 is 0 Å². The van der Waals surface area contributed by atoms with Gasteiger partial charge >= 0.3 is 0 Å². The van der Waals surface area contributed by atoms with Gasteiger partial charge in [0.2, 0.25) is 0 Å². The van der Waals surface area contributed by atoms with E-state index in [4.69, 9.17) is 0 Å². The van der Waals surface area contributed by atoms with Crippen LogP contribution in [0.25, 0.3) is 0 Å². The molecule has 3 fully saturated rings. The third-order valence-electron chi connectivity index (χ3n) is 10.4. The lowest BCUT2D eigenvalue weighted by Crippen LogP contribution is -2.55. The van der Waals surface area contributed by atoms with Gasteiger partial charge in [-0.25, -0.2) is 0 Å². The molecular formula is C27H46O2. The number of rotatable bonds is 5. The monoisotopic (exact) mass is 402 g/mol. The van der Waals surface area contributed by atoms with Gasteiger partial charge in [0.1, 0.15) is 0 Å². The van der Waals surface area contributed by atoms with Crippen molar-refractivity contribution in [1.29, 1.82) is 0 Å². The van der Waals surface area contributed by atoms with E-state index in [9.17, 15) is 10.2 Å². The van der Waals surface area contributed by atoms with Crippen LogP contribution in [0, 0.1) is 46.3 Å². The Kier molecular flexibility index (Phi) is 6.01. The molecule has 0 amide bonds. The molecule has 0 saturated heterocycles. The third-order valence-corrected chi connectivity index (χ3v) is 10.4. The van der Waals surface area contributed by atoms with Gasteiger partial charge in [-0.05, 0) is 79.4 Å². The van der Waals surface area contributed by atoms with Crippen molar-refractivity contribution >= 4 is 0 Å². The van der Waals surface area contributed by atoms with Crippen LogP contribution in [0.5, 0.6) is 0 Å². The van der Waals surface area contributed by atoms with Crippen LogP contribution in [0.15, 0.2) is 11.6 Å². The number of allylic oxidation sites excluding steroid dienone is 1. The average Bonchev–Trinajstić information content (AvgIpc) is 3.00. The number of aliphatic hydroxyl groups is 2. The second-order valence-corrected chi connectivity index (χ2v) is 12.3. The van der Waals surface area contributed by atoms with Crippen LogP contribution in [0.1, 0.15) is 98.8 Å². The largest absolute Gasteiger partial charge is 0.393 e. The summed E-state index contributed by atoms with van der Waals surface area (Å²) in [5, 5.41) is 21.3. The van der Waals surface area contributed by atoms with Crippen molar-refractivity contribution in [3.8, 4) is 0 Å². The molecule has 4 aliphatic rings. The summed E-state index contributed by atoms with van der Waals surface area (Å²) >= 11 is 0. The summed E-state index contributed by atoms with van der Waals surface area (Å²) in [5.74, 6) is 4.73. The second kappa shape index (κ2) is 7.97. The first-order chi connectivity index (χ1) is 13.7. The summed E-state index contributed by atoms with van der Waals surface area (Å²) in [6.07, 6.45) is 13.8. The van der Waals surface area contributed by atoms with Crippen LogP contribution in [-0.2, 0) is 0 Å². The quantitative estimate of drug-likeness (QED) is 0.525. The first kappa shape index (κ1) is 21.9. The molecule has 4 rings (SSSR count). The molecule has 2 nitrogen and oxygen atoms in total. The van der Waals surface area contributed by atoms with Crippen LogP contribution in [0.4, 0.5) is 0 Å². The lowest BCUT2D eigenvalue weighted by Gasteiger charge is -2.59. The molecule has 5 unspecified atom stereocenters. The van der Waals surface area contributed by atoms with Gasteiger partial charge in [0.25, 0.3) is 0 Å². The maximum absolute atomic E-state index is 11.1. The van der Waals surface area contributed by atoms with Gasteiger partial charge in [-0.2, -0.15) is 0 Å².